The quantitative estimate of drug-likeness (QED) is 0.0449. The second-order valence-electron chi connectivity index (χ2n) is 12.4. The first-order chi connectivity index (χ1) is 24.0. The third kappa shape index (κ3) is 8.22. The van der Waals surface area contributed by atoms with E-state index >= 15 is 0 Å². The first-order valence-electron chi connectivity index (χ1n) is 17.1. The molecule has 1 heterocycles. The van der Waals surface area contributed by atoms with Crippen LogP contribution in [0.5, 0.6) is 0 Å². The van der Waals surface area contributed by atoms with Gasteiger partial charge >= 0.3 is 0 Å². The molecule has 0 fully saturated rings. The van der Waals surface area contributed by atoms with E-state index in [-0.39, 0.29) is 12.0 Å². The molecule has 3 atom stereocenters. The summed E-state index contributed by atoms with van der Waals surface area (Å²) in [5.74, 6) is -0.151. The van der Waals surface area contributed by atoms with E-state index in [0.717, 1.165) is 12.0 Å². The van der Waals surface area contributed by atoms with Crippen molar-refractivity contribution in [3.8, 4) is 0 Å². The van der Waals surface area contributed by atoms with Crippen molar-refractivity contribution < 1.29 is 0 Å². The van der Waals surface area contributed by atoms with Crippen molar-refractivity contribution in [2.45, 2.75) is 42.8 Å². The molecule has 3 aromatic carbocycles. The number of hydrogen-bond donors (Lipinski definition) is 3. The molecule has 3 aromatic rings. The zero-order chi connectivity index (χ0) is 34.5. The van der Waals surface area contributed by atoms with Gasteiger partial charge in [-0.3, -0.25) is 5.32 Å². The Balaban J connectivity index is 1.65. The predicted molar refractivity (Wildman–Crippen MR) is 223 cm³/mol. The Labute approximate surface area is 300 Å². The van der Waals surface area contributed by atoms with Crippen LogP contribution in [0.25, 0.3) is 0 Å². The molecule has 5 rings (SSSR count). The lowest BCUT2D eigenvalue weighted by atomic mass is 9.64. The molecule has 0 saturated heterocycles. The fourth-order valence-electron chi connectivity index (χ4n) is 6.87. The number of hydrogen-bond acceptors (Lipinski definition) is 3. The van der Waals surface area contributed by atoms with Crippen LogP contribution in [0.15, 0.2) is 181 Å². The van der Waals surface area contributed by atoms with Crippen LogP contribution in [0, 0.1) is 5.92 Å². The minimum absolute atomic E-state index is 0.151. The second kappa shape index (κ2) is 17.5. The zero-order valence-corrected chi connectivity index (χ0v) is 30.6. The summed E-state index contributed by atoms with van der Waals surface area (Å²) >= 11 is -1.37. The Morgan fingerprint density at radius 3 is 2.06 bits per heavy atom. The van der Waals surface area contributed by atoms with Crippen molar-refractivity contribution >= 4 is 26.9 Å². The van der Waals surface area contributed by atoms with Crippen molar-refractivity contribution in [3.05, 3.63) is 203 Å². The van der Waals surface area contributed by atoms with Crippen LogP contribution in [0.1, 0.15) is 54.0 Å². The SMILES string of the molecule is C=CCC(N)(NC(/C=C/C=C(\C=C)I1=CCCC=1)c1ccc(C(C2=CCC=CC=C2)(c2ccccc2)c2ccccc2)cc1)C(C=C)CN. The molecular formula is C45H50IN3. The average molecular weight is 760 g/mol. The van der Waals surface area contributed by atoms with Crippen LogP contribution in [-0.2, 0) is 5.41 Å². The van der Waals surface area contributed by atoms with Gasteiger partial charge in [0.05, 0.1) is 17.1 Å². The number of nitrogens with two attached hydrogens (primary N) is 2. The highest BCUT2D eigenvalue weighted by atomic mass is 127. The molecule has 0 bridgehead atoms. The standard InChI is InChI=1S/C45H50IN3/c1-4-32-44(48,37(5-2)35-47)49-43(27-19-26-42(6-3)46-33-17-18-34-46)36-28-30-41(31-29-36)45(39-22-13-9-14-23-39,40-24-15-10-16-25-40)38-20-11-7-8-12-21-38/h4-11,13-16,19-31,33-34,37,43,49H,1-3,12,17-18,32,35,47-48H2/b27-19+,42-26+. The van der Waals surface area contributed by atoms with Crippen molar-refractivity contribution in [1.29, 1.82) is 0 Å². The molecule has 0 aromatic heterocycles. The largest absolute Gasteiger partial charge is 0.330 e. The fraction of sp³-hybridized carbons (Fsp3) is 0.200. The summed E-state index contributed by atoms with van der Waals surface area (Å²) in [6, 6.07) is 30.5. The van der Waals surface area contributed by atoms with E-state index in [2.05, 4.69) is 167 Å². The van der Waals surface area contributed by atoms with Gasteiger partial charge in [0.1, 0.15) is 0 Å². The molecule has 5 N–H and O–H groups in total. The zero-order valence-electron chi connectivity index (χ0n) is 28.4. The Morgan fingerprint density at radius 2 is 1.49 bits per heavy atom. The molecule has 0 amide bonds. The van der Waals surface area contributed by atoms with E-state index < -0.39 is 29.9 Å². The van der Waals surface area contributed by atoms with Gasteiger partial charge in [0.25, 0.3) is 0 Å². The Bertz CT molecular complexity index is 1780. The van der Waals surface area contributed by atoms with Crippen LogP contribution in [0.3, 0.4) is 0 Å². The molecule has 1 aliphatic heterocycles. The van der Waals surface area contributed by atoms with Crippen molar-refractivity contribution in [2.24, 2.45) is 17.4 Å². The van der Waals surface area contributed by atoms with Gasteiger partial charge in [0, 0.05) is 16.0 Å². The van der Waals surface area contributed by atoms with Gasteiger partial charge in [0.2, 0.25) is 0 Å². The summed E-state index contributed by atoms with van der Waals surface area (Å²) in [5.41, 5.74) is 18.0. The number of nitrogens with one attached hydrogen (secondary N) is 1. The minimum atomic E-state index is -1.37. The van der Waals surface area contributed by atoms with Gasteiger partial charge in [-0.1, -0.05) is 160 Å². The second-order valence-corrected chi connectivity index (χ2v) is 17.4. The summed E-state index contributed by atoms with van der Waals surface area (Å²) in [5, 5.41) is 3.78. The maximum Gasteiger partial charge on any atom is 0.0780 e. The molecule has 2 aliphatic rings. The maximum absolute atomic E-state index is 7.11. The molecule has 0 radical (unpaired) electrons. The smallest absolute Gasteiger partial charge is 0.0780 e. The summed E-state index contributed by atoms with van der Waals surface area (Å²) in [4.78, 5) is 0. The lowest BCUT2D eigenvalue weighted by Gasteiger charge is -2.39. The number of rotatable bonds is 16. The summed E-state index contributed by atoms with van der Waals surface area (Å²) in [6.45, 7) is 12.6. The van der Waals surface area contributed by atoms with Crippen LogP contribution >= 0.6 is 18.9 Å². The van der Waals surface area contributed by atoms with Gasteiger partial charge < -0.3 is 11.5 Å². The Kier molecular flexibility index (Phi) is 13.0. The van der Waals surface area contributed by atoms with E-state index in [9.17, 15) is 0 Å². The molecular weight excluding hydrogens is 709 g/mol. The van der Waals surface area contributed by atoms with Crippen LogP contribution in [0.2, 0.25) is 0 Å². The highest BCUT2D eigenvalue weighted by Gasteiger charge is 2.39. The lowest BCUT2D eigenvalue weighted by molar-refractivity contribution is 0.243. The number of halogens is 1. The van der Waals surface area contributed by atoms with E-state index in [4.69, 9.17) is 11.5 Å². The van der Waals surface area contributed by atoms with E-state index in [1.165, 1.54) is 38.7 Å². The highest BCUT2D eigenvalue weighted by Crippen LogP contribution is 2.46. The third-order valence-electron chi connectivity index (χ3n) is 9.38. The van der Waals surface area contributed by atoms with E-state index in [1.807, 2.05) is 18.2 Å². The number of allylic oxidation sites excluding steroid dienone is 10. The highest BCUT2D eigenvalue weighted by molar-refractivity contribution is 14.2. The average Bonchev–Trinajstić information content (AvgIpc) is 3.54. The van der Waals surface area contributed by atoms with Crippen LogP contribution < -0.4 is 16.8 Å². The van der Waals surface area contributed by atoms with E-state index in [0.29, 0.717) is 13.0 Å². The van der Waals surface area contributed by atoms with Gasteiger partial charge in [0.15, 0.2) is 0 Å². The molecule has 0 spiro atoms. The molecule has 1 aliphatic carbocycles. The van der Waals surface area contributed by atoms with Gasteiger partial charge in [-0.05, 0) is 59.6 Å². The van der Waals surface area contributed by atoms with Crippen molar-refractivity contribution in [2.75, 3.05) is 6.54 Å². The van der Waals surface area contributed by atoms with E-state index in [1.54, 1.807) is 0 Å². The third-order valence-corrected chi connectivity index (χ3v) is 14.8. The molecule has 252 valence electrons. The molecule has 49 heavy (non-hydrogen) atoms. The first kappa shape index (κ1) is 36.2. The topological polar surface area (TPSA) is 64.1 Å². The van der Waals surface area contributed by atoms with Gasteiger partial charge in [-0.25, -0.2) is 0 Å². The monoisotopic (exact) mass is 759 g/mol. The lowest BCUT2D eigenvalue weighted by Crippen LogP contribution is -2.60. The fourth-order valence-corrected chi connectivity index (χ4v) is 11.4. The van der Waals surface area contributed by atoms with Crippen molar-refractivity contribution in [3.63, 3.8) is 0 Å². The normalized spacial score (nSPS) is 17.7. The summed E-state index contributed by atoms with van der Waals surface area (Å²) < 4.78 is 6.36. The number of benzene rings is 3. The maximum atomic E-state index is 7.11. The Morgan fingerprint density at radius 1 is 0.857 bits per heavy atom. The van der Waals surface area contributed by atoms with Gasteiger partial charge in [-0.2, -0.15) is 0 Å². The first-order valence-corrected chi connectivity index (χ1v) is 20.7. The molecule has 4 heteroatoms. The summed E-state index contributed by atoms with van der Waals surface area (Å²) in [7, 11) is 0. The molecule has 0 saturated carbocycles. The van der Waals surface area contributed by atoms with Gasteiger partial charge in [-0.15, -0.1) is 32.0 Å². The summed E-state index contributed by atoms with van der Waals surface area (Å²) in [6.07, 6.45) is 27.2. The Hall–Kier alpha value is -4.07. The van der Waals surface area contributed by atoms with Crippen LogP contribution in [0.4, 0.5) is 0 Å². The predicted octanol–water partition coefficient (Wildman–Crippen LogP) is 9.62. The molecule has 3 unspecified atom stereocenters. The molecule has 3 nitrogen and oxygen atoms in total. The minimum Gasteiger partial charge on any atom is -0.330 e. The van der Waals surface area contributed by atoms with Crippen LogP contribution in [-0.4, -0.2) is 20.2 Å². The van der Waals surface area contributed by atoms with Crippen molar-refractivity contribution in [1.82, 2.24) is 5.32 Å².